The van der Waals surface area contributed by atoms with Crippen molar-refractivity contribution in [1.82, 2.24) is 0 Å². The molecule has 0 radical (unpaired) electrons. The SMILES string of the molecule is COc1ccc(N(C)S(=O)(=O)[C@H]2C[C@H]3O[C@@H]2C(c2ccc(O)cc2)=C3c2ccc(O)cc2)cc1. The Hall–Kier alpha value is -3.49. The molecule has 5 rings (SSSR count). The first-order valence-corrected chi connectivity index (χ1v) is 12.4. The highest BCUT2D eigenvalue weighted by Gasteiger charge is 2.53. The van der Waals surface area contributed by atoms with Crippen molar-refractivity contribution in [2.45, 2.75) is 23.9 Å². The first kappa shape index (κ1) is 22.3. The molecule has 1 saturated heterocycles. The van der Waals surface area contributed by atoms with Crippen LogP contribution in [0, 0.1) is 0 Å². The first-order valence-electron chi connectivity index (χ1n) is 10.9. The molecule has 3 aromatic carbocycles. The van der Waals surface area contributed by atoms with E-state index in [0.29, 0.717) is 17.9 Å². The van der Waals surface area contributed by atoms with E-state index in [-0.39, 0.29) is 11.5 Å². The van der Waals surface area contributed by atoms with Gasteiger partial charge in [-0.1, -0.05) is 24.3 Å². The van der Waals surface area contributed by atoms with Crippen molar-refractivity contribution in [2.75, 3.05) is 18.5 Å². The van der Waals surface area contributed by atoms with E-state index in [1.54, 1.807) is 74.8 Å². The van der Waals surface area contributed by atoms with Gasteiger partial charge in [0.25, 0.3) is 0 Å². The smallest absolute Gasteiger partial charge is 0.240 e. The van der Waals surface area contributed by atoms with Crippen molar-refractivity contribution in [2.24, 2.45) is 0 Å². The van der Waals surface area contributed by atoms with Crippen LogP contribution in [0.25, 0.3) is 11.1 Å². The summed E-state index contributed by atoms with van der Waals surface area (Å²) in [4.78, 5) is 0. The maximum Gasteiger partial charge on any atom is 0.240 e. The van der Waals surface area contributed by atoms with Crippen LogP contribution in [0.5, 0.6) is 17.2 Å². The molecule has 0 saturated carbocycles. The van der Waals surface area contributed by atoms with E-state index in [4.69, 9.17) is 9.47 Å². The molecule has 7 nitrogen and oxygen atoms in total. The lowest BCUT2D eigenvalue weighted by atomic mass is 9.83. The number of sulfonamides is 1. The summed E-state index contributed by atoms with van der Waals surface area (Å²) < 4.78 is 40.2. The second kappa shape index (κ2) is 8.38. The number of fused-ring (bicyclic) bond motifs is 2. The molecule has 3 atom stereocenters. The number of aromatic hydroxyl groups is 2. The van der Waals surface area contributed by atoms with Crippen LogP contribution in [-0.4, -0.2) is 50.2 Å². The summed E-state index contributed by atoms with van der Waals surface area (Å²) in [6.07, 6.45) is -0.739. The number of ether oxygens (including phenoxy) is 2. The minimum atomic E-state index is -3.76. The summed E-state index contributed by atoms with van der Waals surface area (Å²) in [7, 11) is -0.650. The molecule has 0 aromatic heterocycles. The number of methoxy groups -OCH3 is 1. The van der Waals surface area contributed by atoms with Crippen LogP contribution in [0.4, 0.5) is 5.69 Å². The second-order valence-corrected chi connectivity index (χ2v) is 10.6. The molecule has 2 aliphatic heterocycles. The van der Waals surface area contributed by atoms with Crippen LogP contribution in [0.1, 0.15) is 17.5 Å². The van der Waals surface area contributed by atoms with Crippen LogP contribution in [-0.2, 0) is 14.8 Å². The number of rotatable bonds is 6. The fraction of sp³-hybridized carbons (Fsp3) is 0.231. The van der Waals surface area contributed by atoms with E-state index in [9.17, 15) is 18.6 Å². The van der Waals surface area contributed by atoms with Crippen LogP contribution in [0.2, 0.25) is 0 Å². The Morgan fingerprint density at radius 1 is 0.853 bits per heavy atom. The highest BCUT2D eigenvalue weighted by Crippen LogP contribution is 2.51. The van der Waals surface area contributed by atoms with Gasteiger partial charge < -0.3 is 19.7 Å². The zero-order valence-electron chi connectivity index (χ0n) is 18.8. The van der Waals surface area contributed by atoms with E-state index in [1.807, 2.05) is 12.1 Å². The van der Waals surface area contributed by atoms with E-state index < -0.39 is 27.5 Å². The summed E-state index contributed by atoms with van der Waals surface area (Å²) in [6.45, 7) is 0. The molecule has 176 valence electrons. The van der Waals surface area contributed by atoms with Crippen LogP contribution < -0.4 is 9.04 Å². The zero-order chi connectivity index (χ0) is 24.0. The number of benzene rings is 3. The molecule has 2 bridgehead atoms. The maximum absolute atomic E-state index is 13.7. The zero-order valence-corrected chi connectivity index (χ0v) is 19.6. The van der Waals surface area contributed by atoms with E-state index in [0.717, 1.165) is 22.3 Å². The summed E-state index contributed by atoms with van der Waals surface area (Å²) in [5.41, 5.74) is 3.90. The lowest BCUT2D eigenvalue weighted by Crippen LogP contribution is -2.42. The van der Waals surface area contributed by atoms with Crippen LogP contribution >= 0.6 is 0 Å². The number of phenolic OH excluding ortho intramolecular Hbond substituents is 2. The number of nitrogens with zero attached hydrogens (tertiary/aromatic N) is 1. The minimum Gasteiger partial charge on any atom is -0.508 e. The highest BCUT2D eigenvalue weighted by atomic mass is 32.2. The van der Waals surface area contributed by atoms with Crippen molar-refractivity contribution in [1.29, 1.82) is 0 Å². The van der Waals surface area contributed by atoms with Gasteiger partial charge in [-0.2, -0.15) is 0 Å². The van der Waals surface area contributed by atoms with Crippen molar-refractivity contribution in [3.63, 3.8) is 0 Å². The molecule has 0 spiro atoms. The lowest BCUT2D eigenvalue weighted by Gasteiger charge is -2.29. The van der Waals surface area contributed by atoms with Gasteiger partial charge in [0.1, 0.15) is 28.6 Å². The first-order chi connectivity index (χ1) is 16.3. The van der Waals surface area contributed by atoms with Gasteiger partial charge in [-0.3, -0.25) is 4.31 Å². The molecular formula is C26H25NO6S. The van der Waals surface area contributed by atoms with Crippen molar-refractivity contribution < 1.29 is 28.1 Å². The molecule has 34 heavy (non-hydrogen) atoms. The van der Waals surface area contributed by atoms with E-state index in [1.165, 1.54) is 4.31 Å². The predicted molar refractivity (Wildman–Crippen MR) is 130 cm³/mol. The van der Waals surface area contributed by atoms with Gasteiger partial charge in [-0.25, -0.2) is 8.42 Å². The van der Waals surface area contributed by atoms with Crippen molar-refractivity contribution in [3.05, 3.63) is 83.9 Å². The molecule has 0 aliphatic carbocycles. The Morgan fingerprint density at radius 2 is 1.38 bits per heavy atom. The van der Waals surface area contributed by atoms with Crippen LogP contribution in [0.15, 0.2) is 72.8 Å². The molecule has 2 heterocycles. The molecular weight excluding hydrogens is 454 g/mol. The lowest BCUT2D eigenvalue weighted by molar-refractivity contribution is 0.128. The number of phenols is 2. The molecule has 2 aliphatic rings. The van der Waals surface area contributed by atoms with Gasteiger partial charge in [0.2, 0.25) is 10.0 Å². The van der Waals surface area contributed by atoms with Crippen molar-refractivity contribution >= 4 is 26.9 Å². The standard InChI is InChI=1S/C26H25NO6S/c1-27(18-7-13-21(32-2)14-8-18)34(30,31)23-15-22-24(16-3-9-19(28)10-4-16)25(26(23)33-22)17-5-11-20(29)12-6-17/h3-14,22-23,26,28-29H,15H2,1-2H3/t22-,23+,26+/m1/s1. The van der Waals surface area contributed by atoms with Gasteiger partial charge in [-0.15, -0.1) is 0 Å². The summed E-state index contributed by atoms with van der Waals surface area (Å²) in [5, 5.41) is 18.7. The van der Waals surface area contributed by atoms with Gasteiger partial charge in [-0.05, 0) is 77.2 Å². The largest absolute Gasteiger partial charge is 0.508 e. The average Bonchev–Trinajstić information content (AvgIpc) is 3.44. The van der Waals surface area contributed by atoms with Gasteiger partial charge >= 0.3 is 0 Å². The molecule has 2 N–H and O–H groups in total. The Bertz CT molecular complexity index is 1330. The third kappa shape index (κ3) is 3.69. The summed E-state index contributed by atoms with van der Waals surface area (Å²) in [6, 6.07) is 20.4. The summed E-state index contributed by atoms with van der Waals surface area (Å²) in [5.74, 6) is 0.929. The normalized spacial score (nSPS) is 21.6. The topological polar surface area (TPSA) is 96.3 Å². The summed E-state index contributed by atoms with van der Waals surface area (Å²) >= 11 is 0. The monoisotopic (exact) mass is 479 g/mol. The minimum absolute atomic E-state index is 0.128. The molecule has 0 amide bonds. The number of hydrogen-bond donors (Lipinski definition) is 2. The number of hydrogen-bond acceptors (Lipinski definition) is 6. The Balaban J connectivity index is 1.56. The fourth-order valence-electron chi connectivity index (χ4n) is 4.78. The van der Waals surface area contributed by atoms with E-state index >= 15 is 0 Å². The van der Waals surface area contributed by atoms with Gasteiger partial charge in [0, 0.05) is 7.05 Å². The third-order valence-corrected chi connectivity index (χ3v) is 8.73. The predicted octanol–water partition coefficient (Wildman–Crippen LogP) is 4.02. The second-order valence-electron chi connectivity index (χ2n) is 8.45. The highest BCUT2D eigenvalue weighted by molar-refractivity contribution is 7.93. The van der Waals surface area contributed by atoms with E-state index in [2.05, 4.69) is 0 Å². The number of anilines is 1. The Labute approximate surface area is 198 Å². The molecule has 0 unspecified atom stereocenters. The molecule has 8 heteroatoms. The fourth-order valence-corrected chi connectivity index (χ4v) is 6.54. The van der Waals surface area contributed by atoms with Crippen molar-refractivity contribution in [3.8, 4) is 17.2 Å². The van der Waals surface area contributed by atoms with Crippen LogP contribution in [0.3, 0.4) is 0 Å². The average molecular weight is 480 g/mol. The molecule has 1 fully saturated rings. The molecule has 3 aromatic rings. The Kier molecular flexibility index (Phi) is 5.50. The third-order valence-electron chi connectivity index (χ3n) is 6.55. The Morgan fingerprint density at radius 3 is 1.91 bits per heavy atom. The maximum atomic E-state index is 13.7. The quantitative estimate of drug-likeness (QED) is 0.554. The van der Waals surface area contributed by atoms with Gasteiger partial charge in [0.05, 0.1) is 18.9 Å². The van der Waals surface area contributed by atoms with Gasteiger partial charge in [0.15, 0.2) is 0 Å².